The molecule has 0 N–H and O–H groups in total. The molecule has 5 nitrogen and oxygen atoms in total. The average molecular weight is 289 g/mol. The van der Waals surface area contributed by atoms with Crippen molar-refractivity contribution in [1.29, 1.82) is 0 Å². The Balaban J connectivity index is 1.19. The Labute approximate surface area is 125 Å². The van der Waals surface area contributed by atoms with E-state index < -0.39 is 0 Å². The summed E-state index contributed by atoms with van der Waals surface area (Å²) in [6, 6.07) is 0.721. The lowest BCUT2D eigenvalue weighted by Gasteiger charge is -2.44. The van der Waals surface area contributed by atoms with Crippen molar-refractivity contribution < 1.29 is 9.26 Å². The summed E-state index contributed by atoms with van der Waals surface area (Å²) in [5, 5.41) is 4.01. The van der Waals surface area contributed by atoms with E-state index in [1.165, 1.54) is 32.1 Å². The van der Waals surface area contributed by atoms with E-state index in [0.29, 0.717) is 24.5 Å². The molecule has 2 fully saturated rings. The monoisotopic (exact) mass is 289 g/mol. The molecule has 4 rings (SSSR count). The third-order valence-electron chi connectivity index (χ3n) is 4.87. The Kier molecular flexibility index (Phi) is 3.55. The Hall–Kier alpha value is -1.20. The van der Waals surface area contributed by atoms with Crippen LogP contribution in [0.15, 0.2) is 16.2 Å². The van der Waals surface area contributed by atoms with Crippen LogP contribution >= 0.6 is 0 Å². The first-order valence-electron chi connectivity index (χ1n) is 8.11. The second-order valence-electron chi connectivity index (χ2n) is 6.69. The number of ether oxygens (including phenoxy) is 1. The van der Waals surface area contributed by atoms with Crippen molar-refractivity contribution in [2.75, 3.05) is 13.1 Å². The van der Waals surface area contributed by atoms with Crippen molar-refractivity contribution in [3.05, 3.63) is 23.4 Å². The van der Waals surface area contributed by atoms with Gasteiger partial charge in [0.2, 0.25) is 0 Å². The second-order valence-corrected chi connectivity index (χ2v) is 6.69. The van der Waals surface area contributed by atoms with Gasteiger partial charge >= 0.3 is 0 Å². The Morgan fingerprint density at radius 1 is 1.33 bits per heavy atom. The molecule has 1 atom stereocenters. The molecule has 0 radical (unpaired) electrons. The van der Waals surface area contributed by atoms with E-state index in [9.17, 15) is 0 Å². The van der Waals surface area contributed by atoms with Gasteiger partial charge in [-0.15, -0.1) is 0 Å². The molecule has 1 aromatic heterocycles. The van der Waals surface area contributed by atoms with E-state index in [1.807, 2.05) is 0 Å². The highest BCUT2D eigenvalue weighted by molar-refractivity contribution is 5.06. The van der Waals surface area contributed by atoms with Gasteiger partial charge in [-0.05, 0) is 39.0 Å². The SMILES string of the molecule is CC1=CCC(N2CC(OCc3nc(C4CC4)no3)C2)CC1. The Morgan fingerprint density at radius 2 is 2.19 bits per heavy atom. The molecule has 2 heterocycles. The average Bonchev–Trinajstić information content (AvgIpc) is 3.19. The molecule has 3 aliphatic rings. The van der Waals surface area contributed by atoms with Gasteiger partial charge in [-0.3, -0.25) is 4.90 Å². The predicted octanol–water partition coefficient (Wildman–Crippen LogP) is 2.65. The number of hydrogen-bond acceptors (Lipinski definition) is 5. The maximum Gasteiger partial charge on any atom is 0.252 e. The third kappa shape index (κ3) is 3.04. The molecular formula is C16H23N3O2. The van der Waals surface area contributed by atoms with Crippen molar-refractivity contribution in [1.82, 2.24) is 15.0 Å². The second kappa shape index (κ2) is 5.54. The number of hydrogen-bond donors (Lipinski definition) is 0. The zero-order valence-electron chi connectivity index (χ0n) is 12.6. The smallest absolute Gasteiger partial charge is 0.252 e. The van der Waals surface area contributed by atoms with Crippen LogP contribution < -0.4 is 0 Å². The summed E-state index contributed by atoms with van der Waals surface area (Å²) < 4.78 is 11.1. The number of allylic oxidation sites excluding steroid dienone is 1. The van der Waals surface area contributed by atoms with Crippen molar-refractivity contribution >= 4 is 0 Å². The van der Waals surface area contributed by atoms with E-state index in [4.69, 9.17) is 9.26 Å². The summed E-state index contributed by atoms with van der Waals surface area (Å²) in [4.78, 5) is 6.93. The third-order valence-corrected chi connectivity index (χ3v) is 4.87. The molecular weight excluding hydrogens is 266 g/mol. The topological polar surface area (TPSA) is 51.4 Å². The standard InChI is InChI=1S/C16H23N3O2/c1-11-2-6-13(7-3-11)19-8-14(9-19)20-10-15-17-16(18-21-15)12-4-5-12/h2,12-14H,3-10H2,1H3. The minimum Gasteiger partial charge on any atom is -0.366 e. The largest absolute Gasteiger partial charge is 0.366 e. The van der Waals surface area contributed by atoms with Gasteiger partial charge < -0.3 is 9.26 Å². The van der Waals surface area contributed by atoms with Gasteiger partial charge in [0.25, 0.3) is 5.89 Å². The Morgan fingerprint density at radius 3 is 2.90 bits per heavy atom. The fourth-order valence-electron chi connectivity index (χ4n) is 3.18. The highest BCUT2D eigenvalue weighted by Gasteiger charge is 2.34. The molecule has 21 heavy (non-hydrogen) atoms. The van der Waals surface area contributed by atoms with Crippen molar-refractivity contribution in [2.45, 2.75) is 63.7 Å². The molecule has 5 heteroatoms. The zero-order chi connectivity index (χ0) is 14.2. The minimum atomic E-state index is 0.327. The van der Waals surface area contributed by atoms with Gasteiger partial charge in [0.15, 0.2) is 5.82 Å². The molecule has 0 aromatic carbocycles. The van der Waals surface area contributed by atoms with E-state index in [2.05, 4.69) is 28.0 Å². The first-order valence-corrected chi connectivity index (χ1v) is 8.11. The van der Waals surface area contributed by atoms with Crippen LogP contribution in [0.25, 0.3) is 0 Å². The normalized spacial score (nSPS) is 27.5. The molecule has 1 aliphatic heterocycles. The molecule has 1 aromatic rings. The maximum absolute atomic E-state index is 5.87. The van der Waals surface area contributed by atoms with Gasteiger partial charge in [-0.25, -0.2) is 0 Å². The molecule has 1 saturated carbocycles. The molecule has 0 amide bonds. The number of nitrogens with zero attached hydrogens (tertiary/aromatic N) is 3. The minimum absolute atomic E-state index is 0.327. The number of rotatable bonds is 5. The first-order chi connectivity index (χ1) is 10.3. The van der Waals surface area contributed by atoms with Crippen LogP contribution in [-0.4, -0.2) is 40.3 Å². The summed E-state index contributed by atoms with van der Waals surface area (Å²) >= 11 is 0. The van der Waals surface area contributed by atoms with Gasteiger partial charge in [0.1, 0.15) is 6.61 Å². The highest BCUT2D eigenvalue weighted by Crippen LogP contribution is 2.38. The fourth-order valence-corrected chi connectivity index (χ4v) is 3.18. The molecule has 1 unspecified atom stereocenters. The lowest BCUT2D eigenvalue weighted by Crippen LogP contribution is -2.56. The summed E-state index contributed by atoms with van der Waals surface area (Å²) in [5.41, 5.74) is 1.54. The van der Waals surface area contributed by atoms with E-state index in [-0.39, 0.29) is 0 Å². The molecule has 2 aliphatic carbocycles. The van der Waals surface area contributed by atoms with Crippen LogP contribution in [0.4, 0.5) is 0 Å². The molecule has 0 spiro atoms. The lowest BCUT2D eigenvalue weighted by atomic mass is 9.92. The van der Waals surface area contributed by atoms with E-state index >= 15 is 0 Å². The van der Waals surface area contributed by atoms with E-state index in [1.54, 1.807) is 5.57 Å². The van der Waals surface area contributed by atoms with Gasteiger partial charge in [-0.1, -0.05) is 16.8 Å². The highest BCUT2D eigenvalue weighted by atomic mass is 16.5. The van der Waals surface area contributed by atoms with Gasteiger partial charge in [-0.2, -0.15) is 4.98 Å². The van der Waals surface area contributed by atoms with Crippen molar-refractivity contribution in [3.63, 3.8) is 0 Å². The first kappa shape index (κ1) is 13.5. The summed E-state index contributed by atoms with van der Waals surface area (Å²) in [6.45, 7) is 4.78. The lowest BCUT2D eigenvalue weighted by molar-refractivity contribution is -0.0857. The summed E-state index contributed by atoms with van der Waals surface area (Å²) in [5.74, 6) is 2.05. The molecule has 1 saturated heterocycles. The van der Waals surface area contributed by atoms with Crippen LogP contribution in [-0.2, 0) is 11.3 Å². The fraction of sp³-hybridized carbons (Fsp3) is 0.750. The van der Waals surface area contributed by atoms with Crippen LogP contribution in [0.5, 0.6) is 0 Å². The predicted molar refractivity (Wildman–Crippen MR) is 77.8 cm³/mol. The maximum atomic E-state index is 5.87. The zero-order valence-corrected chi connectivity index (χ0v) is 12.6. The summed E-state index contributed by atoms with van der Waals surface area (Å²) in [6.07, 6.45) is 8.86. The van der Waals surface area contributed by atoms with Crippen LogP contribution in [0.1, 0.15) is 56.7 Å². The summed E-state index contributed by atoms with van der Waals surface area (Å²) in [7, 11) is 0. The number of likely N-dealkylation sites (tertiary alicyclic amines) is 1. The van der Waals surface area contributed by atoms with Gasteiger partial charge in [0.05, 0.1) is 6.10 Å². The van der Waals surface area contributed by atoms with E-state index in [0.717, 1.165) is 25.0 Å². The quantitative estimate of drug-likeness (QED) is 0.780. The van der Waals surface area contributed by atoms with Gasteiger partial charge in [0, 0.05) is 25.0 Å². The van der Waals surface area contributed by atoms with Crippen LogP contribution in [0.2, 0.25) is 0 Å². The molecule has 0 bridgehead atoms. The van der Waals surface area contributed by atoms with Crippen molar-refractivity contribution in [2.24, 2.45) is 0 Å². The molecule has 114 valence electrons. The van der Waals surface area contributed by atoms with Crippen LogP contribution in [0.3, 0.4) is 0 Å². The van der Waals surface area contributed by atoms with Crippen LogP contribution in [0, 0.1) is 0 Å². The number of aromatic nitrogens is 2. The Bertz CT molecular complexity index is 529. The van der Waals surface area contributed by atoms with Crippen molar-refractivity contribution in [3.8, 4) is 0 Å².